The lowest BCUT2D eigenvalue weighted by atomic mass is 9.99. The maximum Gasteiger partial charge on any atom is 0.229 e. The number of phenolic OH excluding ortho intramolecular Hbond substituents is 2. The molecule has 2 heterocycles. The van der Waals surface area contributed by atoms with E-state index in [-0.39, 0.29) is 47.7 Å². The molecule has 2 aliphatic heterocycles. The van der Waals surface area contributed by atoms with Crippen LogP contribution in [0.15, 0.2) is 36.4 Å². The molecule has 0 aromatic heterocycles. The van der Waals surface area contributed by atoms with Crippen molar-refractivity contribution in [2.24, 2.45) is 0 Å². The predicted octanol–water partition coefficient (Wildman–Crippen LogP) is -4.01. The summed E-state index contributed by atoms with van der Waals surface area (Å²) in [5.74, 6) is -0.946. The van der Waals surface area contributed by atoms with Crippen molar-refractivity contribution in [3.8, 4) is 23.0 Å². The molecule has 0 bridgehead atoms. The van der Waals surface area contributed by atoms with Gasteiger partial charge in [-0.25, -0.2) is 0 Å². The minimum atomic E-state index is -1.64. The van der Waals surface area contributed by atoms with Crippen LogP contribution in [0.4, 0.5) is 0 Å². The molecule has 14 N–H and O–H groups in total. The van der Waals surface area contributed by atoms with E-state index < -0.39 is 74.6 Å². The first-order valence-electron chi connectivity index (χ1n) is 18.8. The number of aliphatic hydroxyl groups is 8. The van der Waals surface area contributed by atoms with Crippen LogP contribution in [0.2, 0.25) is 0 Å². The van der Waals surface area contributed by atoms with Crippen LogP contribution in [0.25, 0.3) is 0 Å². The molecule has 19 nitrogen and oxygen atoms in total. The van der Waals surface area contributed by atoms with E-state index >= 15 is 0 Å². The molecular formula is C37H56N3O16+. The summed E-state index contributed by atoms with van der Waals surface area (Å²) in [5.41, 5.74) is 1.33. The van der Waals surface area contributed by atoms with E-state index in [9.17, 15) is 60.7 Å². The highest BCUT2D eigenvalue weighted by Crippen LogP contribution is 2.33. The Morgan fingerprint density at radius 3 is 1.48 bits per heavy atom. The summed E-state index contributed by atoms with van der Waals surface area (Å²) >= 11 is 0. The zero-order valence-electron chi connectivity index (χ0n) is 30.9. The molecule has 0 spiro atoms. The van der Waals surface area contributed by atoms with Gasteiger partial charge in [-0.15, -0.1) is 0 Å². The van der Waals surface area contributed by atoms with Crippen molar-refractivity contribution >= 4 is 11.8 Å². The zero-order valence-corrected chi connectivity index (χ0v) is 30.9. The van der Waals surface area contributed by atoms with Crippen molar-refractivity contribution < 1.29 is 84.9 Å². The third-order valence-electron chi connectivity index (χ3n) is 9.58. The van der Waals surface area contributed by atoms with Crippen LogP contribution in [0, 0.1) is 0 Å². The number of aliphatic hydroxyl groups excluding tert-OH is 8. The summed E-state index contributed by atoms with van der Waals surface area (Å²) < 4.78 is 21.7. The molecule has 10 atom stereocenters. The Labute approximate surface area is 323 Å². The van der Waals surface area contributed by atoms with Gasteiger partial charge in [0.2, 0.25) is 24.4 Å². The maximum absolute atomic E-state index is 12.4. The van der Waals surface area contributed by atoms with Crippen molar-refractivity contribution in [1.29, 1.82) is 0 Å². The van der Waals surface area contributed by atoms with Gasteiger partial charge in [-0.05, 0) is 61.1 Å². The Morgan fingerprint density at radius 1 is 0.607 bits per heavy atom. The smallest absolute Gasteiger partial charge is 0.229 e. The number of carbonyl (C=O) groups excluding carboxylic acids is 2. The highest BCUT2D eigenvalue weighted by atomic mass is 16.7. The number of amides is 2. The molecule has 0 unspecified atom stereocenters. The van der Waals surface area contributed by atoms with Crippen molar-refractivity contribution in [2.75, 3.05) is 39.4 Å². The highest BCUT2D eigenvalue weighted by molar-refractivity contribution is 5.76. The maximum atomic E-state index is 12.4. The molecule has 314 valence electrons. The van der Waals surface area contributed by atoms with Gasteiger partial charge in [-0.3, -0.25) is 9.59 Å². The average molecular weight is 799 g/mol. The third kappa shape index (κ3) is 12.8. The Hall–Kier alpha value is -3.86. The normalized spacial score (nSPS) is 27.7. The molecule has 2 amide bonds. The lowest BCUT2D eigenvalue weighted by Crippen LogP contribution is -2.84. The largest absolute Gasteiger partial charge is 0.504 e. The number of aromatic hydroxyl groups is 2. The number of ether oxygens (including phenoxy) is 4. The van der Waals surface area contributed by atoms with E-state index in [1.165, 1.54) is 24.3 Å². The van der Waals surface area contributed by atoms with E-state index in [1.807, 2.05) is 0 Å². The van der Waals surface area contributed by atoms with Crippen molar-refractivity contribution in [1.82, 2.24) is 10.6 Å². The van der Waals surface area contributed by atoms with Gasteiger partial charge in [0.05, 0.1) is 26.3 Å². The van der Waals surface area contributed by atoms with Crippen molar-refractivity contribution in [2.45, 2.75) is 106 Å². The molecule has 2 aliphatic rings. The van der Waals surface area contributed by atoms with Crippen LogP contribution in [0.3, 0.4) is 0 Å². The second-order valence-corrected chi connectivity index (χ2v) is 13.9. The Morgan fingerprint density at radius 2 is 1.04 bits per heavy atom. The minimum Gasteiger partial charge on any atom is -0.504 e. The number of hydrogen-bond acceptors (Lipinski definition) is 16. The van der Waals surface area contributed by atoms with Crippen molar-refractivity contribution in [3.05, 3.63) is 47.5 Å². The van der Waals surface area contributed by atoms with E-state index in [0.717, 1.165) is 32.4 Å². The van der Waals surface area contributed by atoms with Crippen LogP contribution >= 0.6 is 0 Å². The lowest BCUT2D eigenvalue weighted by Gasteiger charge is -2.39. The highest BCUT2D eigenvalue weighted by Gasteiger charge is 2.46. The van der Waals surface area contributed by atoms with Gasteiger partial charge in [0.15, 0.2) is 23.0 Å². The standard InChI is InChI=1S/C37H55N3O16/c41-18-26-30(47)32(49)34(51)36(55-26)53-24-16-20(4-8-22(24)43)6-10-28(45)39-14-2-1-12-38-13-3-15-40-29(46)11-7-21-5-9-23(44)25(17-21)54-37-35(52)33(50)31(48)27(19-42)56-37/h4-5,8-9,16-17,26-27,30-38,41-44,47-52H,1-3,6-7,10-15,18-19H2,(H,39,45)(H,40,46)/p+1/t26-,27-,30-,31-,32+,33+,34-,35-,36-,37-/m1/s1. The van der Waals surface area contributed by atoms with Crippen LogP contribution in [0.1, 0.15) is 43.2 Å². The molecule has 19 heteroatoms. The topological polar surface area (TPSA) is 314 Å². The van der Waals surface area contributed by atoms with E-state index in [0.29, 0.717) is 37.1 Å². The van der Waals surface area contributed by atoms with E-state index in [1.54, 1.807) is 12.1 Å². The van der Waals surface area contributed by atoms with Crippen LogP contribution in [-0.2, 0) is 31.9 Å². The Balaban J connectivity index is 1.03. The fourth-order valence-corrected chi connectivity index (χ4v) is 6.15. The summed E-state index contributed by atoms with van der Waals surface area (Å²) in [4.78, 5) is 24.8. The number of quaternary nitrogens is 1. The molecule has 0 saturated carbocycles. The number of benzene rings is 2. The molecule has 0 aliphatic carbocycles. The zero-order chi connectivity index (χ0) is 40.8. The molecular weight excluding hydrogens is 742 g/mol. The number of nitrogens with one attached hydrogen (secondary N) is 2. The first-order valence-corrected chi connectivity index (χ1v) is 18.8. The van der Waals surface area contributed by atoms with Gasteiger partial charge < -0.3 is 86.0 Å². The fraction of sp³-hybridized carbons (Fsp3) is 0.622. The van der Waals surface area contributed by atoms with Gasteiger partial charge in [0, 0.05) is 32.4 Å². The molecule has 4 rings (SSSR count). The molecule has 2 aromatic rings. The number of hydrogen-bond donors (Lipinski definition) is 13. The molecule has 2 aromatic carbocycles. The monoisotopic (exact) mass is 798 g/mol. The van der Waals surface area contributed by atoms with Gasteiger partial charge >= 0.3 is 0 Å². The second-order valence-electron chi connectivity index (χ2n) is 13.9. The second kappa shape index (κ2) is 22.2. The minimum absolute atomic E-state index is 0.0574. The predicted molar refractivity (Wildman–Crippen MR) is 193 cm³/mol. The lowest BCUT2D eigenvalue weighted by molar-refractivity contribution is -0.655. The first-order chi connectivity index (χ1) is 26.8. The van der Waals surface area contributed by atoms with Gasteiger partial charge in [0.1, 0.15) is 48.8 Å². The number of rotatable bonds is 21. The van der Waals surface area contributed by atoms with Crippen LogP contribution in [0.5, 0.6) is 23.0 Å². The number of nitrogens with two attached hydrogens (primary N) is 1. The summed E-state index contributed by atoms with van der Waals surface area (Å²) in [6, 6.07) is 8.93. The SMILES string of the molecule is O=C(CCc1ccc(O)c(O[C@@H]2O[C@H](CO)[C@@H](O)[C@H](O)[C@H]2O)c1)NCCCC[NH2+]CCCNC(=O)CCc1ccc(O)c(O[C@@H]2O[C@H](CO)[C@@H](O)[C@H](O)[C@H]2O)c1. The molecule has 0 radical (unpaired) electrons. The average Bonchev–Trinajstić information content (AvgIpc) is 3.19. The Kier molecular flexibility index (Phi) is 17.8. The molecule has 2 saturated heterocycles. The molecule has 2 fully saturated rings. The number of phenols is 2. The van der Waals surface area contributed by atoms with E-state index in [4.69, 9.17) is 18.9 Å². The van der Waals surface area contributed by atoms with Gasteiger partial charge in [-0.2, -0.15) is 0 Å². The third-order valence-corrected chi connectivity index (χ3v) is 9.58. The van der Waals surface area contributed by atoms with Gasteiger partial charge in [-0.1, -0.05) is 12.1 Å². The van der Waals surface area contributed by atoms with Gasteiger partial charge in [0.25, 0.3) is 0 Å². The number of carbonyl (C=O) groups is 2. The van der Waals surface area contributed by atoms with Crippen molar-refractivity contribution in [3.63, 3.8) is 0 Å². The quantitative estimate of drug-likeness (QED) is 0.0535. The fourth-order valence-electron chi connectivity index (χ4n) is 6.15. The van der Waals surface area contributed by atoms with Crippen LogP contribution < -0.4 is 25.4 Å². The van der Waals surface area contributed by atoms with E-state index in [2.05, 4.69) is 16.0 Å². The number of unbranched alkanes of at least 4 members (excludes halogenated alkanes) is 1. The van der Waals surface area contributed by atoms with Crippen LogP contribution in [-0.4, -0.2) is 164 Å². The summed E-state index contributed by atoms with van der Waals surface area (Å²) in [5, 5.41) is 107. The summed E-state index contributed by atoms with van der Waals surface area (Å²) in [6.07, 6.45) is -11.4. The first kappa shape index (κ1) is 44.8. The summed E-state index contributed by atoms with van der Waals surface area (Å²) in [6.45, 7) is 1.41. The molecule has 56 heavy (non-hydrogen) atoms. The Bertz CT molecular complexity index is 1420. The summed E-state index contributed by atoms with van der Waals surface area (Å²) in [7, 11) is 0. The number of aryl methyl sites for hydroxylation is 2.